The van der Waals surface area contributed by atoms with E-state index in [1.807, 2.05) is 0 Å². The van der Waals surface area contributed by atoms with Crippen molar-refractivity contribution in [1.82, 2.24) is 10.6 Å². The molecule has 90 valence electrons. The number of nitrogens with one attached hydrogen (secondary N) is 2. The van der Waals surface area contributed by atoms with Crippen molar-refractivity contribution >= 4 is 28.7 Å². The first-order chi connectivity index (χ1) is 7.42. The van der Waals surface area contributed by atoms with Crippen LogP contribution in [0.4, 0.5) is 0 Å². The molecular formula is C12H20N2S2. The van der Waals surface area contributed by atoms with Crippen molar-refractivity contribution in [3.8, 4) is 0 Å². The van der Waals surface area contributed by atoms with E-state index in [2.05, 4.69) is 55.8 Å². The maximum atomic E-state index is 5.21. The summed E-state index contributed by atoms with van der Waals surface area (Å²) >= 11 is 7.00. The molecule has 2 nitrogen and oxygen atoms in total. The standard InChI is InChI=1S/C12H20N2S2/c1-9(2)14-11(15)13-8-12(3,4)10-6-5-7-16-10/h5-7,9H,8H2,1-4H3,(H2,13,14,15). The highest BCUT2D eigenvalue weighted by Gasteiger charge is 2.21. The zero-order valence-electron chi connectivity index (χ0n) is 10.3. The molecule has 0 atom stereocenters. The minimum Gasteiger partial charge on any atom is -0.362 e. The minimum absolute atomic E-state index is 0.122. The molecule has 0 saturated carbocycles. The Morgan fingerprint density at radius 1 is 1.50 bits per heavy atom. The summed E-state index contributed by atoms with van der Waals surface area (Å²) in [5.74, 6) is 0. The minimum atomic E-state index is 0.122. The Balaban J connectivity index is 2.45. The molecule has 0 radical (unpaired) electrons. The summed E-state index contributed by atoms with van der Waals surface area (Å²) in [6.45, 7) is 9.47. The summed E-state index contributed by atoms with van der Waals surface area (Å²) in [5.41, 5.74) is 0.122. The van der Waals surface area contributed by atoms with Crippen LogP contribution in [-0.2, 0) is 5.41 Å². The van der Waals surface area contributed by atoms with Crippen molar-refractivity contribution in [2.24, 2.45) is 0 Å². The van der Waals surface area contributed by atoms with E-state index in [0.29, 0.717) is 6.04 Å². The van der Waals surface area contributed by atoms with Crippen LogP contribution in [-0.4, -0.2) is 17.7 Å². The molecule has 4 heteroatoms. The summed E-state index contributed by atoms with van der Waals surface area (Å²) in [5, 5.41) is 9.30. The van der Waals surface area contributed by atoms with E-state index >= 15 is 0 Å². The lowest BCUT2D eigenvalue weighted by Gasteiger charge is -2.25. The Bertz CT molecular complexity index is 329. The third-order valence-corrected chi connectivity index (χ3v) is 3.80. The molecule has 0 aliphatic carbocycles. The second-order valence-corrected chi connectivity index (χ2v) is 6.20. The van der Waals surface area contributed by atoms with Gasteiger partial charge in [-0.05, 0) is 37.5 Å². The van der Waals surface area contributed by atoms with Crippen molar-refractivity contribution in [1.29, 1.82) is 0 Å². The maximum Gasteiger partial charge on any atom is 0.166 e. The topological polar surface area (TPSA) is 24.1 Å². The highest BCUT2D eigenvalue weighted by Crippen LogP contribution is 2.26. The highest BCUT2D eigenvalue weighted by molar-refractivity contribution is 7.80. The first kappa shape index (κ1) is 13.5. The summed E-state index contributed by atoms with van der Waals surface area (Å²) in [7, 11) is 0. The highest BCUT2D eigenvalue weighted by atomic mass is 32.1. The maximum absolute atomic E-state index is 5.21. The molecule has 0 spiro atoms. The van der Waals surface area contributed by atoms with Crippen LogP contribution in [0.5, 0.6) is 0 Å². The average Bonchev–Trinajstić information content (AvgIpc) is 2.67. The van der Waals surface area contributed by atoms with Crippen LogP contribution in [0.1, 0.15) is 32.6 Å². The van der Waals surface area contributed by atoms with Crippen molar-refractivity contribution in [2.75, 3.05) is 6.54 Å². The first-order valence-electron chi connectivity index (χ1n) is 5.50. The van der Waals surface area contributed by atoms with E-state index in [4.69, 9.17) is 12.2 Å². The van der Waals surface area contributed by atoms with Crippen molar-refractivity contribution in [2.45, 2.75) is 39.2 Å². The Labute approximate surface area is 107 Å². The second kappa shape index (κ2) is 5.64. The Morgan fingerprint density at radius 3 is 2.69 bits per heavy atom. The van der Waals surface area contributed by atoms with Gasteiger partial charge in [0.05, 0.1) is 0 Å². The molecule has 0 saturated heterocycles. The van der Waals surface area contributed by atoms with Crippen LogP contribution in [0.2, 0.25) is 0 Å². The van der Waals surface area contributed by atoms with Crippen molar-refractivity contribution in [3.05, 3.63) is 22.4 Å². The molecule has 0 fully saturated rings. The summed E-state index contributed by atoms with van der Waals surface area (Å²) < 4.78 is 0. The van der Waals surface area contributed by atoms with Gasteiger partial charge in [-0.2, -0.15) is 0 Å². The normalized spacial score (nSPS) is 11.6. The number of hydrogen-bond acceptors (Lipinski definition) is 2. The van der Waals surface area contributed by atoms with E-state index in [1.54, 1.807) is 11.3 Å². The largest absolute Gasteiger partial charge is 0.362 e. The lowest BCUT2D eigenvalue weighted by Crippen LogP contribution is -2.44. The number of thiocarbonyl (C=S) groups is 1. The lowest BCUT2D eigenvalue weighted by atomic mass is 9.91. The predicted molar refractivity (Wildman–Crippen MR) is 76.2 cm³/mol. The molecule has 0 aliphatic heterocycles. The fourth-order valence-electron chi connectivity index (χ4n) is 1.37. The smallest absolute Gasteiger partial charge is 0.166 e. The molecule has 0 amide bonds. The van der Waals surface area contributed by atoms with Crippen LogP contribution < -0.4 is 10.6 Å². The molecule has 0 unspecified atom stereocenters. The monoisotopic (exact) mass is 256 g/mol. The summed E-state index contributed by atoms with van der Waals surface area (Å²) in [4.78, 5) is 1.38. The van der Waals surface area contributed by atoms with Gasteiger partial charge in [0.25, 0.3) is 0 Å². The molecular weight excluding hydrogens is 236 g/mol. The molecule has 1 rings (SSSR count). The van der Waals surface area contributed by atoms with Gasteiger partial charge in [-0.1, -0.05) is 19.9 Å². The number of rotatable bonds is 4. The van der Waals surface area contributed by atoms with Crippen LogP contribution in [0, 0.1) is 0 Å². The van der Waals surface area contributed by atoms with Crippen LogP contribution >= 0.6 is 23.6 Å². The second-order valence-electron chi connectivity index (χ2n) is 4.84. The van der Waals surface area contributed by atoms with Gasteiger partial charge in [-0.15, -0.1) is 11.3 Å². The fraction of sp³-hybridized carbons (Fsp3) is 0.583. The van der Waals surface area contributed by atoms with Gasteiger partial charge in [0.15, 0.2) is 5.11 Å². The molecule has 0 bridgehead atoms. The first-order valence-corrected chi connectivity index (χ1v) is 6.79. The molecule has 0 aliphatic rings. The van der Waals surface area contributed by atoms with E-state index in [0.717, 1.165) is 11.7 Å². The molecule has 0 aromatic carbocycles. The lowest BCUT2D eigenvalue weighted by molar-refractivity contribution is 0.519. The quantitative estimate of drug-likeness (QED) is 0.810. The number of thiophene rings is 1. The van der Waals surface area contributed by atoms with E-state index in [-0.39, 0.29) is 5.41 Å². The summed E-state index contributed by atoms with van der Waals surface area (Å²) in [6, 6.07) is 4.64. The fourth-order valence-corrected chi connectivity index (χ4v) is 2.53. The van der Waals surface area contributed by atoms with Crippen molar-refractivity contribution < 1.29 is 0 Å². The molecule has 1 aromatic rings. The summed E-state index contributed by atoms with van der Waals surface area (Å²) in [6.07, 6.45) is 0. The SMILES string of the molecule is CC(C)NC(=S)NCC(C)(C)c1cccs1. The van der Waals surface area contributed by atoms with E-state index in [9.17, 15) is 0 Å². The van der Waals surface area contributed by atoms with Gasteiger partial charge in [0.2, 0.25) is 0 Å². The molecule has 2 N–H and O–H groups in total. The van der Waals surface area contributed by atoms with Gasteiger partial charge in [0.1, 0.15) is 0 Å². The van der Waals surface area contributed by atoms with Gasteiger partial charge in [-0.25, -0.2) is 0 Å². The third kappa shape index (κ3) is 4.10. The van der Waals surface area contributed by atoms with Gasteiger partial charge < -0.3 is 10.6 Å². The zero-order chi connectivity index (χ0) is 12.2. The molecule has 16 heavy (non-hydrogen) atoms. The third-order valence-electron chi connectivity index (χ3n) is 2.30. The van der Waals surface area contributed by atoms with Gasteiger partial charge in [0, 0.05) is 22.9 Å². The predicted octanol–water partition coefficient (Wildman–Crippen LogP) is 2.90. The Kier molecular flexibility index (Phi) is 4.74. The number of hydrogen-bond donors (Lipinski definition) is 2. The van der Waals surface area contributed by atoms with Crippen LogP contribution in [0.15, 0.2) is 17.5 Å². The Morgan fingerprint density at radius 2 is 2.19 bits per heavy atom. The average molecular weight is 256 g/mol. The van der Waals surface area contributed by atoms with E-state index in [1.165, 1.54) is 4.88 Å². The zero-order valence-corrected chi connectivity index (χ0v) is 12.0. The van der Waals surface area contributed by atoms with Crippen molar-refractivity contribution in [3.63, 3.8) is 0 Å². The molecule has 1 aromatic heterocycles. The van der Waals surface area contributed by atoms with Gasteiger partial charge in [-0.3, -0.25) is 0 Å². The van der Waals surface area contributed by atoms with Crippen LogP contribution in [0.3, 0.4) is 0 Å². The Hall–Kier alpha value is -0.610. The van der Waals surface area contributed by atoms with Gasteiger partial charge >= 0.3 is 0 Å². The molecule has 1 heterocycles. The van der Waals surface area contributed by atoms with Crippen LogP contribution in [0.25, 0.3) is 0 Å². The van der Waals surface area contributed by atoms with E-state index < -0.39 is 0 Å².